The number of carbonyl (C=O) groups is 1. The Bertz CT molecular complexity index is 858. The predicted molar refractivity (Wildman–Crippen MR) is 96.7 cm³/mol. The number of aliphatic hydroxyl groups is 1. The number of hydrogen-bond acceptors (Lipinski definition) is 4. The molecule has 1 heterocycles. The van der Waals surface area contributed by atoms with E-state index in [9.17, 15) is 9.90 Å². The van der Waals surface area contributed by atoms with Crippen molar-refractivity contribution in [1.29, 1.82) is 0 Å². The molecule has 0 radical (unpaired) electrons. The largest absolute Gasteiger partial charge is 0.467 e. The third kappa shape index (κ3) is 2.97. The van der Waals surface area contributed by atoms with Gasteiger partial charge < -0.3 is 19.6 Å². The van der Waals surface area contributed by atoms with Gasteiger partial charge in [0.1, 0.15) is 18.4 Å². The molecule has 1 aliphatic rings. The van der Waals surface area contributed by atoms with Crippen LogP contribution < -0.4 is 5.32 Å². The van der Waals surface area contributed by atoms with Crippen LogP contribution in [-0.4, -0.2) is 24.4 Å². The number of ether oxygens (including phenoxy) is 1. The summed E-state index contributed by atoms with van der Waals surface area (Å²) in [5, 5.41) is 12.1. The maximum atomic E-state index is 12.2. The molecular weight excluding hydrogens is 330 g/mol. The Balaban J connectivity index is 1.47. The normalized spacial score (nSPS) is 13.7. The average molecular weight is 349 g/mol. The van der Waals surface area contributed by atoms with Gasteiger partial charge in [0.05, 0.1) is 12.9 Å². The van der Waals surface area contributed by atoms with E-state index in [1.807, 2.05) is 24.3 Å². The number of alkyl carbamates (subject to hydrolysis) is 1. The Hall–Kier alpha value is -3.05. The molecule has 0 aliphatic heterocycles. The van der Waals surface area contributed by atoms with E-state index in [4.69, 9.17) is 9.15 Å². The van der Waals surface area contributed by atoms with Gasteiger partial charge in [-0.2, -0.15) is 0 Å². The van der Waals surface area contributed by atoms with Gasteiger partial charge in [-0.25, -0.2) is 4.79 Å². The third-order valence-electron chi connectivity index (χ3n) is 4.70. The van der Waals surface area contributed by atoms with E-state index < -0.39 is 12.1 Å². The molecule has 0 spiro atoms. The lowest BCUT2D eigenvalue weighted by Gasteiger charge is -2.17. The van der Waals surface area contributed by atoms with Gasteiger partial charge in [-0.3, -0.25) is 0 Å². The monoisotopic (exact) mass is 349 g/mol. The molecule has 0 fully saturated rings. The maximum Gasteiger partial charge on any atom is 0.407 e. The van der Waals surface area contributed by atoms with Gasteiger partial charge in [-0.05, 0) is 34.4 Å². The van der Waals surface area contributed by atoms with E-state index in [-0.39, 0.29) is 19.1 Å². The van der Waals surface area contributed by atoms with Gasteiger partial charge in [0.25, 0.3) is 0 Å². The zero-order valence-corrected chi connectivity index (χ0v) is 14.1. The van der Waals surface area contributed by atoms with Crippen LogP contribution in [0, 0.1) is 0 Å². The lowest BCUT2D eigenvalue weighted by molar-refractivity contribution is 0.129. The Morgan fingerprint density at radius 1 is 1.04 bits per heavy atom. The van der Waals surface area contributed by atoms with Crippen molar-refractivity contribution in [3.8, 4) is 11.1 Å². The molecule has 5 nitrogen and oxygen atoms in total. The third-order valence-corrected chi connectivity index (χ3v) is 4.70. The number of aliphatic hydroxyl groups excluding tert-OH is 1. The second-order valence-electron chi connectivity index (χ2n) is 6.22. The molecule has 26 heavy (non-hydrogen) atoms. The van der Waals surface area contributed by atoms with Gasteiger partial charge >= 0.3 is 6.09 Å². The van der Waals surface area contributed by atoms with Crippen LogP contribution in [0.4, 0.5) is 4.79 Å². The first-order valence-corrected chi connectivity index (χ1v) is 8.53. The van der Waals surface area contributed by atoms with Crippen molar-refractivity contribution >= 4 is 6.09 Å². The fourth-order valence-corrected chi connectivity index (χ4v) is 3.48. The van der Waals surface area contributed by atoms with Crippen molar-refractivity contribution < 1.29 is 19.1 Å². The fraction of sp³-hybridized carbons (Fsp3) is 0.190. The van der Waals surface area contributed by atoms with Crippen LogP contribution in [0.15, 0.2) is 71.3 Å². The van der Waals surface area contributed by atoms with Gasteiger partial charge in [-0.15, -0.1) is 0 Å². The van der Waals surface area contributed by atoms with Gasteiger partial charge in [-0.1, -0.05) is 48.5 Å². The zero-order chi connectivity index (χ0) is 17.9. The molecule has 5 heteroatoms. The van der Waals surface area contributed by atoms with Crippen molar-refractivity contribution in [2.24, 2.45) is 0 Å². The van der Waals surface area contributed by atoms with E-state index in [1.54, 1.807) is 12.1 Å². The second kappa shape index (κ2) is 7.06. The van der Waals surface area contributed by atoms with E-state index in [2.05, 4.69) is 29.6 Å². The molecule has 1 atom stereocenters. The fourth-order valence-electron chi connectivity index (χ4n) is 3.48. The number of furan rings is 1. The van der Waals surface area contributed by atoms with Crippen molar-refractivity contribution in [2.75, 3.05) is 13.2 Å². The summed E-state index contributed by atoms with van der Waals surface area (Å²) in [6.07, 6.45) is 0.916. The molecule has 0 bridgehead atoms. The van der Waals surface area contributed by atoms with E-state index in [0.717, 1.165) is 11.1 Å². The Labute approximate surface area is 151 Å². The minimum absolute atomic E-state index is 0.00402. The first-order chi connectivity index (χ1) is 12.8. The van der Waals surface area contributed by atoms with Gasteiger partial charge in [0.15, 0.2) is 0 Å². The van der Waals surface area contributed by atoms with Crippen molar-refractivity contribution in [3.05, 3.63) is 83.8 Å². The van der Waals surface area contributed by atoms with Crippen LogP contribution in [0.3, 0.4) is 0 Å². The van der Waals surface area contributed by atoms with Crippen LogP contribution in [0.5, 0.6) is 0 Å². The maximum absolute atomic E-state index is 12.2. The van der Waals surface area contributed by atoms with E-state index in [1.165, 1.54) is 17.4 Å². The predicted octanol–water partition coefficient (Wildman–Crippen LogP) is 3.85. The number of rotatable bonds is 5. The smallest absolute Gasteiger partial charge is 0.407 e. The summed E-state index contributed by atoms with van der Waals surface area (Å²) in [6, 6.07) is 19.1. The average Bonchev–Trinajstić information content (AvgIpc) is 3.31. The lowest BCUT2D eigenvalue weighted by Crippen LogP contribution is -2.32. The highest BCUT2D eigenvalue weighted by Gasteiger charge is 2.29. The Kier molecular flexibility index (Phi) is 4.46. The standard InChI is InChI=1S/C21H19NO4/c23-12-19(20-10-5-11-25-20)22-21(24)26-13-18-16-8-3-1-6-14(16)15-7-2-4-9-17(15)18/h1-11,18-19,23H,12-13H2,(H,22,24). The topological polar surface area (TPSA) is 71.7 Å². The van der Waals surface area contributed by atoms with Gasteiger partial charge in [0.2, 0.25) is 0 Å². The summed E-state index contributed by atoms with van der Waals surface area (Å²) in [4.78, 5) is 12.2. The first kappa shape index (κ1) is 16.4. The number of nitrogens with one attached hydrogen (secondary N) is 1. The molecule has 0 saturated carbocycles. The van der Waals surface area contributed by atoms with Crippen molar-refractivity contribution in [3.63, 3.8) is 0 Å². The molecule has 1 aromatic heterocycles. The summed E-state index contributed by atoms with van der Waals surface area (Å²) in [5.74, 6) is 0.491. The highest BCUT2D eigenvalue weighted by molar-refractivity contribution is 5.79. The number of amides is 1. The molecule has 2 N–H and O–H groups in total. The highest BCUT2D eigenvalue weighted by Crippen LogP contribution is 2.44. The van der Waals surface area contributed by atoms with Crippen LogP contribution in [-0.2, 0) is 4.74 Å². The second-order valence-corrected chi connectivity index (χ2v) is 6.22. The lowest BCUT2D eigenvalue weighted by atomic mass is 9.98. The number of carbonyl (C=O) groups excluding carboxylic acids is 1. The van der Waals surface area contributed by atoms with Crippen LogP contribution in [0.2, 0.25) is 0 Å². The highest BCUT2D eigenvalue weighted by atomic mass is 16.5. The molecule has 0 saturated heterocycles. The summed E-state index contributed by atoms with van der Waals surface area (Å²) >= 11 is 0. The first-order valence-electron chi connectivity index (χ1n) is 8.53. The summed E-state index contributed by atoms with van der Waals surface area (Å²) < 4.78 is 10.7. The molecule has 132 valence electrons. The van der Waals surface area contributed by atoms with Crippen LogP contribution >= 0.6 is 0 Å². The Morgan fingerprint density at radius 2 is 1.69 bits per heavy atom. The molecule has 4 rings (SSSR count). The minimum Gasteiger partial charge on any atom is -0.467 e. The van der Waals surface area contributed by atoms with E-state index in [0.29, 0.717) is 5.76 Å². The van der Waals surface area contributed by atoms with Crippen LogP contribution in [0.25, 0.3) is 11.1 Å². The summed E-state index contributed by atoms with van der Waals surface area (Å²) in [5.41, 5.74) is 4.68. The number of fused-ring (bicyclic) bond motifs is 3. The molecule has 2 aromatic carbocycles. The number of benzene rings is 2. The van der Waals surface area contributed by atoms with Crippen molar-refractivity contribution in [1.82, 2.24) is 5.32 Å². The quantitative estimate of drug-likeness (QED) is 0.734. The molecule has 3 aromatic rings. The van der Waals surface area contributed by atoms with E-state index >= 15 is 0 Å². The van der Waals surface area contributed by atoms with Gasteiger partial charge in [0, 0.05) is 5.92 Å². The summed E-state index contributed by atoms with van der Waals surface area (Å²) in [6.45, 7) is -0.0339. The SMILES string of the molecule is O=C(NC(CO)c1ccco1)OCC1c2ccccc2-c2ccccc21. The zero-order valence-electron chi connectivity index (χ0n) is 14.1. The van der Waals surface area contributed by atoms with Crippen molar-refractivity contribution in [2.45, 2.75) is 12.0 Å². The molecule has 1 aliphatic carbocycles. The molecule has 1 amide bonds. The number of hydrogen-bond donors (Lipinski definition) is 2. The molecular formula is C21H19NO4. The summed E-state index contributed by atoms with van der Waals surface area (Å²) in [7, 11) is 0. The molecule has 1 unspecified atom stereocenters. The van der Waals surface area contributed by atoms with Crippen LogP contribution in [0.1, 0.15) is 28.8 Å². The minimum atomic E-state index is -0.624. The Morgan fingerprint density at radius 3 is 2.27 bits per heavy atom.